The van der Waals surface area contributed by atoms with Crippen molar-refractivity contribution in [2.24, 2.45) is 4.99 Å². The van der Waals surface area contributed by atoms with Gasteiger partial charge in [0.1, 0.15) is 0 Å². The van der Waals surface area contributed by atoms with Gasteiger partial charge in [0.25, 0.3) is 0 Å². The number of guanidine groups is 1. The lowest BCUT2D eigenvalue weighted by Crippen LogP contribution is -2.39. The van der Waals surface area contributed by atoms with E-state index in [4.69, 9.17) is 0 Å². The molecule has 156 valence electrons. The topological polar surface area (TPSA) is 73.8 Å². The van der Waals surface area contributed by atoms with Gasteiger partial charge in [-0.25, -0.2) is 13.1 Å². The van der Waals surface area contributed by atoms with Gasteiger partial charge in [-0.2, -0.15) is 13.2 Å². The standard InChI is InChI=1S/C16H25F3N4O2S.HI/c1-4-26(24,25)22-11-5-10-21-15(20-2)23(3)12-13-6-8-14(9-7-13)16(17,18)19;/h6-9,22H,4-5,10-12H2,1-3H3,(H,20,21);1H. The van der Waals surface area contributed by atoms with Crippen LogP contribution in [0.15, 0.2) is 29.3 Å². The molecule has 1 rings (SSSR count). The number of aliphatic imine (C=N–C) groups is 1. The van der Waals surface area contributed by atoms with Crippen LogP contribution in [0.2, 0.25) is 0 Å². The summed E-state index contributed by atoms with van der Waals surface area (Å²) in [6.45, 7) is 2.79. The minimum Gasteiger partial charge on any atom is -0.356 e. The summed E-state index contributed by atoms with van der Waals surface area (Å²) in [4.78, 5) is 5.89. The van der Waals surface area contributed by atoms with Gasteiger partial charge in [0.2, 0.25) is 10.0 Å². The van der Waals surface area contributed by atoms with Crippen LogP contribution in [-0.2, 0) is 22.7 Å². The van der Waals surface area contributed by atoms with Crippen molar-refractivity contribution >= 4 is 40.0 Å². The molecule has 0 aliphatic carbocycles. The molecule has 0 spiro atoms. The van der Waals surface area contributed by atoms with Crippen molar-refractivity contribution in [2.45, 2.75) is 26.1 Å². The van der Waals surface area contributed by atoms with Crippen LogP contribution in [-0.4, -0.2) is 52.2 Å². The predicted octanol–water partition coefficient (Wildman–Crippen LogP) is 2.66. The number of hydrogen-bond acceptors (Lipinski definition) is 3. The third kappa shape index (κ3) is 9.60. The van der Waals surface area contributed by atoms with E-state index in [1.165, 1.54) is 12.1 Å². The lowest BCUT2D eigenvalue weighted by molar-refractivity contribution is -0.137. The quantitative estimate of drug-likeness (QED) is 0.239. The summed E-state index contributed by atoms with van der Waals surface area (Å²) in [6.07, 6.45) is -3.77. The van der Waals surface area contributed by atoms with E-state index in [9.17, 15) is 21.6 Å². The van der Waals surface area contributed by atoms with Crippen molar-refractivity contribution in [2.75, 3.05) is 32.9 Å². The molecule has 27 heavy (non-hydrogen) atoms. The zero-order valence-electron chi connectivity index (χ0n) is 15.5. The Morgan fingerprint density at radius 3 is 2.26 bits per heavy atom. The maximum absolute atomic E-state index is 12.6. The average molecular weight is 522 g/mol. The Balaban J connectivity index is 0.00000676. The SMILES string of the molecule is CCS(=O)(=O)NCCCNC(=NC)N(C)Cc1ccc(C(F)(F)F)cc1.I. The molecule has 0 aliphatic heterocycles. The second-order valence-corrected chi connectivity index (χ2v) is 7.77. The van der Waals surface area contributed by atoms with Crippen LogP contribution < -0.4 is 10.0 Å². The summed E-state index contributed by atoms with van der Waals surface area (Å²) in [6, 6.07) is 4.98. The van der Waals surface area contributed by atoms with Crippen LogP contribution >= 0.6 is 24.0 Å². The van der Waals surface area contributed by atoms with Gasteiger partial charge in [-0.15, -0.1) is 24.0 Å². The van der Waals surface area contributed by atoms with Crippen LogP contribution in [0.4, 0.5) is 13.2 Å². The highest BCUT2D eigenvalue weighted by atomic mass is 127. The molecular weight excluding hydrogens is 496 g/mol. The molecule has 0 amide bonds. The molecule has 0 heterocycles. The fourth-order valence-corrected chi connectivity index (χ4v) is 2.81. The van der Waals surface area contributed by atoms with Crippen LogP contribution in [0.5, 0.6) is 0 Å². The normalized spacial score (nSPS) is 12.4. The van der Waals surface area contributed by atoms with E-state index in [0.29, 0.717) is 32.0 Å². The number of nitrogens with zero attached hydrogens (tertiary/aromatic N) is 2. The largest absolute Gasteiger partial charge is 0.416 e. The molecule has 0 aliphatic rings. The third-order valence-electron chi connectivity index (χ3n) is 3.61. The van der Waals surface area contributed by atoms with Crippen LogP contribution in [0.25, 0.3) is 0 Å². The summed E-state index contributed by atoms with van der Waals surface area (Å²) >= 11 is 0. The molecule has 0 atom stereocenters. The monoisotopic (exact) mass is 522 g/mol. The van der Waals surface area contributed by atoms with Gasteiger partial charge in [-0.05, 0) is 31.0 Å². The number of benzene rings is 1. The summed E-state index contributed by atoms with van der Waals surface area (Å²) in [7, 11) is 0.178. The van der Waals surface area contributed by atoms with Crippen molar-refractivity contribution in [1.29, 1.82) is 0 Å². The number of hydrogen-bond donors (Lipinski definition) is 2. The average Bonchev–Trinajstić information content (AvgIpc) is 2.57. The minimum absolute atomic E-state index is 0. The Kier molecular flexibility index (Phi) is 11.2. The van der Waals surface area contributed by atoms with E-state index in [1.807, 2.05) is 0 Å². The van der Waals surface area contributed by atoms with E-state index in [2.05, 4.69) is 15.0 Å². The zero-order valence-corrected chi connectivity index (χ0v) is 18.7. The first kappa shape index (κ1) is 25.9. The van der Waals surface area contributed by atoms with Crippen molar-refractivity contribution in [3.63, 3.8) is 0 Å². The fourth-order valence-electron chi connectivity index (χ4n) is 2.15. The molecule has 6 nitrogen and oxygen atoms in total. The first-order chi connectivity index (χ1) is 12.1. The van der Waals surface area contributed by atoms with E-state index in [-0.39, 0.29) is 29.7 Å². The number of alkyl halides is 3. The molecule has 0 radical (unpaired) electrons. The maximum Gasteiger partial charge on any atom is 0.416 e. The molecule has 0 aromatic heterocycles. The van der Waals surface area contributed by atoms with E-state index in [1.54, 1.807) is 25.9 Å². The van der Waals surface area contributed by atoms with Gasteiger partial charge >= 0.3 is 6.18 Å². The Hall–Kier alpha value is -1.08. The summed E-state index contributed by atoms with van der Waals surface area (Å²) in [5.74, 6) is 0.612. The van der Waals surface area contributed by atoms with Crippen molar-refractivity contribution in [3.8, 4) is 0 Å². The second kappa shape index (κ2) is 11.7. The summed E-state index contributed by atoms with van der Waals surface area (Å²) in [5.41, 5.74) is 0.0418. The van der Waals surface area contributed by atoms with Crippen molar-refractivity contribution in [3.05, 3.63) is 35.4 Å². The van der Waals surface area contributed by atoms with Gasteiger partial charge in [0.15, 0.2) is 5.96 Å². The van der Waals surface area contributed by atoms with Crippen LogP contribution in [0.1, 0.15) is 24.5 Å². The van der Waals surface area contributed by atoms with Crippen molar-refractivity contribution in [1.82, 2.24) is 14.9 Å². The Bertz CT molecular complexity index is 695. The highest BCUT2D eigenvalue weighted by Gasteiger charge is 2.29. The lowest BCUT2D eigenvalue weighted by atomic mass is 10.1. The number of halogens is 4. The highest BCUT2D eigenvalue weighted by Crippen LogP contribution is 2.29. The van der Waals surface area contributed by atoms with Gasteiger partial charge in [0.05, 0.1) is 11.3 Å². The molecule has 1 aromatic rings. The smallest absolute Gasteiger partial charge is 0.356 e. The number of rotatable bonds is 8. The second-order valence-electron chi connectivity index (χ2n) is 5.68. The molecule has 0 saturated heterocycles. The number of sulfonamides is 1. The Labute approximate surface area is 175 Å². The van der Waals surface area contributed by atoms with Gasteiger partial charge in [-0.1, -0.05) is 12.1 Å². The summed E-state index contributed by atoms with van der Waals surface area (Å²) < 4.78 is 62.8. The van der Waals surface area contributed by atoms with E-state index >= 15 is 0 Å². The lowest BCUT2D eigenvalue weighted by Gasteiger charge is -2.22. The van der Waals surface area contributed by atoms with Crippen molar-refractivity contribution < 1.29 is 21.6 Å². The molecule has 2 N–H and O–H groups in total. The van der Waals surface area contributed by atoms with Crippen LogP contribution in [0, 0.1) is 0 Å². The molecule has 0 saturated carbocycles. The molecule has 1 aromatic carbocycles. The third-order valence-corrected chi connectivity index (χ3v) is 5.02. The van der Waals surface area contributed by atoms with E-state index in [0.717, 1.165) is 17.7 Å². The molecule has 11 heteroatoms. The first-order valence-corrected chi connectivity index (χ1v) is 9.79. The fraction of sp³-hybridized carbons (Fsp3) is 0.562. The van der Waals surface area contributed by atoms with Crippen LogP contribution in [0.3, 0.4) is 0 Å². The predicted molar refractivity (Wildman–Crippen MR) is 112 cm³/mol. The van der Waals surface area contributed by atoms with Gasteiger partial charge < -0.3 is 10.2 Å². The number of nitrogens with one attached hydrogen (secondary N) is 2. The van der Waals surface area contributed by atoms with E-state index < -0.39 is 21.8 Å². The highest BCUT2D eigenvalue weighted by molar-refractivity contribution is 14.0. The molecule has 0 bridgehead atoms. The van der Waals surface area contributed by atoms with Gasteiger partial charge in [0, 0.05) is 33.7 Å². The van der Waals surface area contributed by atoms with Gasteiger partial charge in [-0.3, -0.25) is 4.99 Å². The zero-order chi connectivity index (χ0) is 19.8. The first-order valence-electron chi connectivity index (χ1n) is 8.14. The molecule has 0 unspecified atom stereocenters. The summed E-state index contributed by atoms with van der Waals surface area (Å²) in [5, 5.41) is 3.09. The Morgan fingerprint density at radius 2 is 1.78 bits per heavy atom. The Morgan fingerprint density at radius 1 is 1.19 bits per heavy atom. The molecule has 0 fully saturated rings. The molecular formula is C16H26F3IN4O2S. The minimum atomic E-state index is -4.35. The maximum atomic E-state index is 12.6.